The molecule has 0 aliphatic heterocycles. The van der Waals surface area contributed by atoms with Crippen LogP contribution in [-0.4, -0.2) is 16.9 Å². The minimum Gasteiger partial charge on any atom is -0.478 e. The summed E-state index contributed by atoms with van der Waals surface area (Å²) in [4.78, 5) is 24.1. The molecule has 0 saturated heterocycles. The quantitative estimate of drug-likeness (QED) is 0.851. The van der Waals surface area contributed by atoms with Crippen LogP contribution in [0, 0.1) is 0 Å². The maximum atomic E-state index is 11.6. The van der Waals surface area contributed by atoms with Crippen LogP contribution < -0.4 is 0 Å². The third-order valence-corrected chi connectivity index (χ3v) is 4.05. The molecule has 0 aliphatic rings. The topological polar surface area (TPSA) is 54.4 Å². The Labute approximate surface area is 125 Å². The van der Waals surface area contributed by atoms with Crippen LogP contribution in [0.5, 0.6) is 0 Å². The highest BCUT2D eigenvalue weighted by atomic mass is 35.5. The lowest BCUT2D eigenvalue weighted by atomic mass is 10.1. The van der Waals surface area contributed by atoms with Crippen LogP contribution in [0.2, 0.25) is 5.02 Å². The predicted octanol–water partition coefficient (Wildman–Crippen LogP) is 4.39. The highest BCUT2D eigenvalue weighted by Crippen LogP contribution is 2.34. The molecule has 0 amide bonds. The van der Waals surface area contributed by atoms with E-state index in [1.165, 1.54) is 24.8 Å². The molecule has 20 heavy (non-hydrogen) atoms. The van der Waals surface area contributed by atoms with Crippen LogP contribution in [-0.2, 0) is 0 Å². The average molecular weight is 307 g/mol. The molecule has 0 fully saturated rings. The van der Waals surface area contributed by atoms with E-state index in [1.54, 1.807) is 30.3 Å². The number of hydrogen-bond acceptors (Lipinski definition) is 3. The summed E-state index contributed by atoms with van der Waals surface area (Å²) in [5.74, 6) is -1.10. The summed E-state index contributed by atoms with van der Waals surface area (Å²) in [5.41, 5.74) is 0.699. The van der Waals surface area contributed by atoms with Gasteiger partial charge in [0.25, 0.3) is 0 Å². The second-order valence-corrected chi connectivity index (χ2v) is 5.62. The first-order valence-corrected chi connectivity index (χ1v) is 6.99. The van der Waals surface area contributed by atoms with Crippen molar-refractivity contribution in [3.8, 4) is 0 Å². The number of aromatic carboxylic acids is 1. The van der Waals surface area contributed by atoms with Gasteiger partial charge in [0.05, 0.1) is 5.56 Å². The van der Waals surface area contributed by atoms with Gasteiger partial charge in [-0.3, -0.25) is 4.79 Å². The van der Waals surface area contributed by atoms with Crippen LogP contribution in [0.25, 0.3) is 0 Å². The SMILES string of the molecule is CC(=O)c1ccccc1Sc1ccc(Cl)cc1C(=O)O. The molecule has 5 heteroatoms. The van der Waals surface area contributed by atoms with Gasteiger partial charge in [-0.05, 0) is 31.2 Å². The third-order valence-electron chi connectivity index (χ3n) is 2.66. The number of Topliss-reactive ketones (excluding diaryl/α,β-unsaturated/α-hetero) is 1. The van der Waals surface area contributed by atoms with Gasteiger partial charge in [-0.25, -0.2) is 4.79 Å². The van der Waals surface area contributed by atoms with Crippen molar-refractivity contribution < 1.29 is 14.7 Å². The Morgan fingerprint density at radius 2 is 1.70 bits per heavy atom. The van der Waals surface area contributed by atoms with Gasteiger partial charge < -0.3 is 5.11 Å². The van der Waals surface area contributed by atoms with Crippen molar-refractivity contribution in [1.29, 1.82) is 0 Å². The van der Waals surface area contributed by atoms with Crippen molar-refractivity contribution in [2.75, 3.05) is 0 Å². The lowest BCUT2D eigenvalue weighted by Crippen LogP contribution is -2.00. The van der Waals surface area contributed by atoms with Gasteiger partial charge in [0.2, 0.25) is 0 Å². The van der Waals surface area contributed by atoms with Gasteiger partial charge in [0, 0.05) is 20.4 Å². The number of carboxylic acid groups (broad SMARTS) is 1. The Balaban J connectivity index is 2.45. The fourth-order valence-corrected chi connectivity index (χ4v) is 2.99. The van der Waals surface area contributed by atoms with Gasteiger partial charge in [0.1, 0.15) is 0 Å². The number of carbonyl (C=O) groups excluding carboxylic acids is 1. The fraction of sp³-hybridized carbons (Fsp3) is 0.0667. The number of benzene rings is 2. The third kappa shape index (κ3) is 3.21. The monoisotopic (exact) mass is 306 g/mol. The van der Waals surface area contributed by atoms with Crippen LogP contribution in [0.1, 0.15) is 27.6 Å². The molecule has 0 atom stereocenters. The average Bonchev–Trinajstić information content (AvgIpc) is 2.41. The molecule has 0 radical (unpaired) electrons. The van der Waals surface area contributed by atoms with Crippen molar-refractivity contribution in [1.82, 2.24) is 0 Å². The molecule has 2 rings (SSSR count). The van der Waals surface area contributed by atoms with E-state index in [0.29, 0.717) is 15.5 Å². The Morgan fingerprint density at radius 3 is 2.35 bits per heavy atom. The molecular formula is C15H11ClO3S. The van der Waals surface area contributed by atoms with Crippen molar-refractivity contribution >= 4 is 35.1 Å². The van der Waals surface area contributed by atoms with Crippen LogP contribution in [0.4, 0.5) is 0 Å². The zero-order chi connectivity index (χ0) is 14.7. The van der Waals surface area contributed by atoms with Crippen LogP contribution in [0.3, 0.4) is 0 Å². The Hall–Kier alpha value is -1.78. The van der Waals surface area contributed by atoms with E-state index in [-0.39, 0.29) is 11.3 Å². The zero-order valence-corrected chi connectivity index (χ0v) is 12.2. The number of ketones is 1. The van der Waals surface area contributed by atoms with Crippen molar-refractivity contribution in [2.45, 2.75) is 16.7 Å². The minimum absolute atomic E-state index is 0.0565. The van der Waals surface area contributed by atoms with E-state index in [0.717, 1.165) is 4.90 Å². The second-order valence-electron chi connectivity index (χ2n) is 4.10. The summed E-state index contributed by atoms with van der Waals surface area (Å²) in [6.45, 7) is 1.49. The van der Waals surface area contributed by atoms with E-state index in [1.807, 2.05) is 6.07 Å². The number of halogens is 1. The molecule has 0 saturated carbocycles. The van der Waals surface area contributed by atoms with Crippen LogP contribution >= 0.6 is 23.4 Å². The summed E-state index contributed by atoms with van der Waals surface area (Å²) in [6.07, 6.45) is 0. The Bertz CT molecular complexity index is 683. The first kappa shape index (κ1) is 14.6. The van der Waals surface area contributed by atoms with Gasteiger partial charge in [0.15, 0.2) is 5.78 Å². The summed E-state index contributed by atoms with van der Waals surface area (Å²) in [6, 6.07) is 11.8. The summed E-state index contributed by atoms with van der Waals surface area (Å²) >= 11 is 7.06. The standard InChI is InChI=1S/C15H11ClO3S/c1-9(17)11-4-2-3-5-13(11)20-14-7-6-10(16)8-12(14)15(18)19/h2-8H,1H3,(H,18,19). The predicted molar refractivity (Wildman–Crippen MR) is 79.0 cm³/mol. The molecular weight excluding hydrogens is 296 g/mol. The van der Waals surface area contributed by atoms with Gasteiger partial charge in [-0.15, -0.1) is 0 Å². The van der Waals surface area contributed by atoms with E-state index < -0.39 is 5.97 Å². The molecule has 1 N–H and O–H groups in total. The largest absolute Gasteiger partial charge is 0.478 e. The smallest absolute Gasteiger partial charge is 0.336 e. The van der Waals surface area contributed by atoms with Crippen LogP contribution in [0.15, 0.2) is 52.3 Å². The number of rotatable bonds is 4. The molecule has 0 aliphatic carbocycles. The summed E-state index contributed by atoms with van der Waals surface area (Å²) in [5, 5.41) is 9.57. The summed E-state index contributed by atoms with van der Waals surface area (Å²) in [7, 11) is 0. The molecule has 102 valence electrons. The zero-order valence-electron chi connectivity index (χ0n) is 10.6. The lowest BCUT2D eigenvalue weighted by molar-refractivity contribution is 0.0693. The van der Waals surface area contributed by atoms with E-state index in [9.17, 15) is 14.7 Å². The maximum absolute atomic E-state index is 11.6. The lowest BCUT2D eigenvalue weighted by Gasteiger charge is -2.09. The normalized spacial score (nSPS) is 10.3. The fourth-order valence-electron chi connectivity index (χ4n) is 1.72. The summed E-state index contributed by atoms with van der Waals surface area (Å²) < 4.78 is 0. The maximum Gasteiger partial charge on any atom is 0.336 e. The highest BCUT2D eigenvalue weighted by molar-refractivity contribution is 7.99. The number of carbonyl (C=O) groups is 2. The number of hydrogen-bond donors (Lipinski definition) is 1. The van der Waals surface area contributed by atoms with Crippen molar-refractivity contribution in [2.24, 2.45) is 0 Å². The molecule has 2 aromatic carbocycles. The Kier molecular flexibility index (Phi) is 4.47. The van der Waals surface area contributed by atoms with Gasteiger partial charge in [-0.2, -0.15) is 0 Å². The minimum atomic E-state index is -1.05. The van der Waals surface area contributed by atoms with Gasteiger partial charge in [-0.1, -0.05) is 41.6 Å². The molecule has 0 unspecified atom stereocenters. The van der Waals surface area contributed by atoms with Crippen molar-refractivity contribution in [3.63, 3.8) is 0 Å². The van der Waals surface area contributed by atoms with E-state index in [4.69, 9.17) is 11.6 Å². The van der Waals surface area contributed by atoms with Gasteiger partial charge >= 0.3 is 5.97 Å². The highest BCUT2D eigenvalue weighted by Gasteiger charge is 2.14. The molecule has 0 bridgehead atoms. The second kappa shape index (κ2) is 6.11. The first-order chi connectivity index (χ1) is 9.49. The Morgan fingerprint density at radius 1 is 1.05 bits per heavy atom. The first-order valence-electron chi connectivity index (χ1n) is 5.79. The van der Waals surface area contributed by atoms with E-state index >= 15 is 0 Å². The van der Waals surface area contributed by atoms with E-state index in [2.05, 4.69) is 0 Å². The number of carboxylic acids is 1. The molecule has 3 nitrogen and oxygen atoms in total. The molecule has 0 heterocycles. The molecule has 0 aromatic heterocycles. The molecule has 2 aromatic rings. The van der Waals surface area contributed by atoms with Crippen molar-refractivity contribution in [3.05, 3.63) is 58.6 Å². The molecule has 0 spiro atoms.